The van der Waals surface area contributed by atoms with Crippen LogP contribution in [-0.2, 0) is 4.79 Å². The van der Waals surface area contributed by atoms with Gasteiger partial charge in [0.1, 0.15) is 11.5 Å². The van der Waals surface area contributed by atoms with Crippen LogP contribution in [0.4, 0.5) is 5.13 Å². The highest BCUT2D eigenvalue weighted by atomic mass is 35.5. The highest BCUT2D eigenvalue weighted by Gasteiger charge is 2.09. The highest BCUT2D eigenvalue weighted by molar-refractivity contribution is 7.14. The number of nitrogens with zero attached hydrogens (tertiary/aromatic N) is 1. The standard InChI is InChI=1S/C20H19ClN2O3S/c1-13(2)26-16-8-6-14(7-9-16)18-12-27-20(22-18)23-19(24)11-25-17-5-3-4-15(21)10-17/h3-10,12-13H,11H2,1-2H3,(H,22,23,24). The van der Waals surface area contributed by atoms with E-state index in [4.69, 9.17) is 21.1 Å². The fourth-order valence-electron chi connectivity index (χ4n) is 2.30. The zero-order chi connectivity index (χ0) is 19.2. The molecule has 0 aliphatic carbocycles. The van der Waals surface area contributed by atoms with Gasteiger partial charge >= 0.3 is 0 Å². The lowest BCUT2D eigenvalue weighted by Crippen LogP contribution is -2.20. The number of halogens is 1. The van der Waals surface area contributed by atoms with E-state index in [0.717, 1.165) is 17.0 Å². The maximum Gasteiger partial charge on any atom is 0.264 e. The Bertz CT molecular complexity index is 910. The third-order valence-electron chi connectivity index (χ3n) is 3.44. The third-order valence-corrected chi connectivity index (χ3v) is 4.43. The van der Waals surface area contributed by atoms with Crippen LogP contribution >= 0.6 is 22.9 Å². The Labute approximate surface area is 166 Å². The first kappa shape index (κ1) is 19.2. The third kappa shape index (κ3) is 5.70. The summed E-state index contributed by atoms with van der Waals surface area (Å²) in [7, 11) is 0. The van der Waals surface area contributed by atoms with E-state index in [0.29, 0.717) is 15.9 Å². The number of nitrogens with one attached hydrogen (secondary N) is 1. The van der Waals surface area contributed by atoms with Crippen LogP contribution in [0.2, 0.25) is 5.02 Å². The van der Waals surface area contributed by atoms with E-state index in [1.165, 1.54) is 11.3 Å². The first-order chi connectivity index (χ1) is 13.0. The molecule has 0 unspecified atom stereocenters. The van der Waals surface area contributed by atoms with E-state index in [9.17, 15) is 4.79 Å². The average Bonchev–Trinajstić information content (AvgIpc) is 3.08. The molecule has 0 aliphatic heterocycles. The van der Waals surface area contributed by atoms with E-state index in [1.54, 1.807) is 24.3 Å². The van der Waals surface area contributed by atoms with Crippen molar-refractivity contribution in [2.45, 2.75) is 20.0 Å². The van der Waals surface area contributed by atoms with Crippen molar-refractivity contribution in [3.8, 4) is 22.8 Å². The molecule has 0 radical (unpaired) electrons. The van der Waals surface area contributed by atoms with E-state index in [2.05, 4.69) is 10.3 Å². The summed E-state index contributed by atoms with van der Waals surface area (Å²) in [5.41, 5.74) is 1.75. The van der Waals surface area contributed by atoms with E-state index in [1.807, 2.05) is 43.5 Å². The van der Waals surface area contributed by atoms with Crippen LogP contribution in [0.15, 0.2) is 53.9 Å². The molecule has 0 spiro atoms. The molecule has 0 atom stereocenters. The molecule has 27 heavy (non-hydrogen) atoms. The maximum absolute atomic E-state index is 12.0. The summed E-state index contributed by atoms with van der Waals surface area (Å²) in [4.78, 5) is 16.5. The molecule has 1 heterocycles. The number of hydrogen-bond donors (Lipinski definition) is 1. The van der Waals surface area contributed by atoms with Gasteiger partial charge in [-0.1, -0.05) is 17.7 Å². The van der Waals surface area contributed by atoms with Crippen LogP contribution in [0.5, 0.6) is 11.5 Å². The van der Waals surface area contributed by atoms with Crippen molar-refractivity contribution in [2.75, 3.05) is 11.9 Å². The second-order valence-corrected chi connectivity index (χ2v) is 7.32. The lowest BCUT2D eigenvalue weighted by molar-refractivity contribution is -0.118. The van der Waals surface area contributed by atoms with Gasteiger partial charge in [-0.15, -0.1) is 11.3 Å². The number of benzene rings is 2. The van der Waals surface area contributed by atoms with Crippen molar-refractivity contribution in [1.82, 2.24) is 4.98 Å². The molecular weight excluding hydrogens is 384 g/mol. The lowest BCUT2D eigenvalue weighted by atomic mass is 10.2. The quantitative estimate of drug-likeness (QED) is 0.585. The zero-order valence-electron chi connectivity index (χ0n) is 14.9. The van der Waals surface area contributed by atoms with Gasteiger partial charge in [0.05, 0.1) is 11.8 Å². The molecule has 1 amide bonds. The number of amides is 1. The number of rotatable bonds is 7. The van der Waals surface area contributed by atoms with Crippen LogP contribution < -0.4 is 14.8 Å². The molecule has 0 bridgehead atoms. The molecule has 0 aliphatic rings. The second-order valence-electron chi connectivity index (χ2n) is 6.02. The van der Waals surface area contributed by atoms with Crippen molar-refractivity contribution in [1.29, 1.82) is 0 Å². The molecule has 3 aromatic rings. The first-order valence-electron chi connectivity index (χ1n) is 8.40. The van der Waals surface area contributed by atoms with Crippen LogP contribution in [-0.4, -0.2) is 23.6 Å². The molecule has 3 rings (SSSR count). The van der Waals surface area contributed by atoms with Gasteiger partial charge in [0, 0.05) is 16.0 Å². The van der Waals surface area contributed by atoms with Crippen molar-refractivity contribution < 1.29 is 14.3 Å². The molecule has 7 heteroatoms. The molecule has 0 saturated carbocycles. The van der Waals surface area contributed by atoms with Gasteiger partial charge in [0.15, 0.2) is 11.7 Å². The van der Waals surface area contributed by atoms with Gasteiger partial charge in [-0.25, -0.2) is 4.98 Å². The van der Waals surface area contributed by atoms with Crippen molar-refractivity contribution in [3.05, 3.63) is 58.9 Å². The summed E-state index contributed by atoms with van der Waals surface area (Å²) >= 11 is 7.25. The largest absolute Gasteiger partial charge is 0.491 e. The SMILES string of the molecule is CC(C)Oc1ccc(-c2csc(NC(=O)COc3cccc(Cl)c3)n2)cc1. The molecule has 2 aromatic carbocycles. The fraction of sp³-hybridized carbons (Fsp3) is 0.200. The van der Waals surface area contributed by atoms with Gasteiger partial charge in [-0.3, -0.25) is 10.1 Å². The Morgan fingerprint density at radius 2 is 1.96 bits per heavy atom. The number of hydrogen-bond acceptors (Lipinski definition) is 5. The van der Waals surface area contributed by atoms with Crippen molar-refractivity contribution in [2.24, 2.45) is 0 Å². The first-order valence-corrected chi connectivity index (χ1v) is 9.66. The Balaban J connectivity index is 1.56. The summed E-state index contributed by atoms with van der Waals surface area (Å²) in [6.45, 7) is 3.86. The smallest absolute Gasteiger partial charge is 0.264 e. The lowest BCUT2D eigenvalue weighted by Gasteiger charge is -2.09. The summed E-state index contributed by atoms with van der Waals surface area (Å²) in [5, 5.41) is 5.71. The number of anilines is 1. The van der Waals surface area contributed by atoms with Crippen LogP contribution in [0, 0.1) is 0 Å². The summed E-state index contributed by atoms with van der Waals surface area (Å²) < 4.78 is 11.1. The summed E-state index contributed by atoms with van der Waals surface area (Å²) in [6, 6.07) is 14.6. The highest BCUT2D eigenvalue weighted by Crippen LogP contribution is 2.27. The monoisotopic (exact) mass is 402 g/mol. The van der Waals surface area contributed by atoms with Gasteiger partial charge < -0.3 is 9.47 Å². The Morgan fingerprint density at radius 1 is 1.19 bits per heavy atom. The van der Waals surface area contributed by atoms with E-state index >= 15 is 0 Å². The topological polar surface area (TPSA) is 60.5 Å². The zero-order valence-corrected chi connectivity index (χ0v) is 16.5. The van der Waals surface area contributed by atoms with Gasteiger partial charge in [0.25, 0.3) is 5.91 Å². The predicted octanol–water partition coefficient (Wildman–Crippen LogP) is 5.27. The summed E-state index contributed by atoms with van der Waals surface area (Å²) in [6.07, 6.45) is 0.131. The van der Waals surface area contributed by atoms with Crippen LogP contribution in [0.25, 0.3) is 11.3 Å². The molecule has 0 fully saturated rings. The number of carbonyl (C=O) groups is 1. The predicted molar refractivity (Wildman–Crippen MR) is 109 cm³/mol. The number of thiazole rings is 1. The van der Waals surface area contributed by atoms with Gasteiger partial charge in [-0.05, 0) is 56.3 Å². The minimum atomic E-state index is -0.281. The number of carbonyl (C=O) groups excluding carboxylic acids is 1. The molecular formula is C20H19ClN2O3S. The molecule has 1 aromatic heterocycles. The maximum atomic E-state index is 12.0. The minimum Gasteiger partial charge on any atom is -0.491 e. The van der Waals surface area contributed by atoms with Gasteiger partial charge in [-0.2, -0.15) is 0 Å². The Morgan fingerprint density at radius 3 is 2.67 bits per heavy atom. The van der Waals surface area contributed by atoms with E-state index < -0.39 is 0 Å². The molecule has 140 valence electrons. The molecule has 1 N–H and O–H groups in total. The minimum absolute atomic E-state index is 0.115. The van der Waals surface area contributed by atoms with E-state index in [-0.39, 0.29) is 18.6 Å². The molecule has 5 nitrogen and oxygen atoms in total. The number of aromatic nitrogens is 1. The van der Waals surface area contributed by atoms with Crippen LogP contribution in [0.1, 0.15) is 13.8 Å². The normalized spacial score (nSPS) is 10.7. The fourth-order valence-corrected chi connectivity index (χ4v) is 3.22. The number of ether oxygens (including phenoxy) is 2. The Kier molecular flexibility index (Phi) is 6.32. The van der Waals surface area contributed by atoms with Crippen molar-refractivity contribution >= 4 is 34.0 Å². The summed E-state index contributed by atoms with van der Waals surface area (Å²) in [5.74, 6) is 1.08. The van der Waals surface area contributed by atoms with Crippen molar-refractivity contribution in [3.63, 3.8) is 0 Å². The molecule has 0 saturated heterocycles. The van der Waals surface area contributed by atoms with Crippen LogP contribution in [0.3, 0.4) is 0 Å². The average molecular weight is 403 g/mol. The second kappa shape index (κ2) is 8.88. The van der Waals surface area contributed by atoms with Gasteiger partial charge in [0.2, 0.25) is 0 Å². The Hall–Kier alpha value is -2.57.